The summed E-state index contributed by atoms with van der Waals surface area (Å²) in [4.78, 5) is 0. The Balaban J connectivity index is 1.80. The van der Waals surface area contributed by atoms with E-state index in [0.717, 1.165) is 6.42 Å². The molecule has 1 aliphatic carbocycles. The van der Waals surface area contributed by atoms with Crippen LogP contribution in [0.2, 0.25) is 0 Å². The van der Waals surface area contributed by atoms with Crippen LogP contribution in [0.1, 0.15) is 116 Å². The first-order chi connectivity index (χ1) is 13.5. The van der Waals surface area contributed by atoms with Crippen LogP contribution in [0.5, 0.6) is 0 Å². The predicted molar refractivity (Wildman–Crippen MR) is 120 cm³/mol. The summed E-state index contributed by atoms with van der Waals surface area (Å²) in [6.45, 7) is 2.96. The molecule has 0 bridgehead atoms. The lowest BCUT2D eigenvalue weighted by Crippen LogP contribution is -2.40. The van der Waals surface area contributed by atoms with Crippen LogP contribution in [0.3, 0.4) is 0 Å². The minimum Gasteiger partial charge on any atom is -0.492 e. The molecule has 5 N–H and O–H groups in total. The molecule has 1 aliphatic rings. The highest BCUT2D eigenvalue weighted by molar-refractivity contribution is 5.27. The number of nitrogens with two attached hydrogens (primary N) is 2. The molecule has 1 unspecified atom stereocenters. The summed E-state index contributed by atoms with van der Waals surface area (Å²) < 4.78 is 5.71. The van der Waals surface area contributed by atoms with E-state index in [0.29, 0.717) is 18.1 Å². The Hall–Kier alpha value is -1.00. The van der Waals surface area contributed by atoms with Crippen molar-refractivity contribution in [1.29, 1.82) is 0 Å². The van der Waals surface area contributed by atoms with Crippen LogP contribution in [0, 0.1) is 0 Å². The lowest BCUT2D eigenvalue weighted by Gasteiger charge is -2.24. The lowest BCUT2D eigenvalue weighted by atomic mass is 10.0. The molecule has 0 heterocycles. The van der Waals surface area contributed by atoms with E-state index in [4.69, 9.17) is 16.2 Å². The fraction of sp³-hybridized carbons (Fsp3) is 0.833. The summed E-state index contributed by atoms with van der Waals surface area (Å²) in [6, 6.07) is 0. The van der Waals surface area contributed by atoms with E-state index < -0.39 is 5.72 Å². The van der Waals surface area contributed by atoms with Gasteiger partial charge in [-0.3, -0.25) is 5.73 Å². The molecule has 164 valence electrons. The smallest absolute Gasteiger partial charge is 0.138 e. The number of hydrogen-bond donors (Lipinski definition) is 3. The number of allylic oxidation sites excluding steroid dienone is 1. The third-order valence-electron chi connectivity index (χ3n) is 5.57. The van der Waals surface area contributed by atoms with Crippen LogP contribution >= 0.6 is 0 Å². The van der Waals surface area contributed by atoms with E-state index in [-0.39, 0.29) is 6.42 Å². The summed E-state index contributed by atoms with van der Waals surface area (Å²) in [5, 5.41) is 9.70. The van der Waals surface area contributed by atoms with E-state index in [1.807, 2.05) is 0 Å². The maximum absolute atomic E-state index is 9.70. The topological polar surface area (TPSA) is 81.5 Å². The lowest BCUT2D eigenvalue weighted by molar-refractivity contribution is 0.0911. The van der Waals surface area contributed by atoms with Gasteiger partial charge in [-0.15, -0.1) is 0 Å². The Morgan fingerprint density at radius 1 is 0.821 bits per heavy atom. The van der Waals surface area contributed by atoms with Crippen LogP contribution in [0.25, 0.3) is 0 Å². The molecule has 0 aromatic rings. The molecule has 4 heteroatoms. The van der Waals surface area contributed by atoms with Crippen molar-refractivity contribution in [3.8, 4) is 0 Å². The Kier molecular flexibility index (Phi) is 14.2. The second-order valence-electron chi connectivity index (χ2n) is 8.54. The van der Waals surface area contributed by atoms with Gasteiger partial charge in [-0.25, -0.2) is 0 Å². The Bertz CT molecular complexity index is 444. The number of aliphatic hydroxyl groups is 1. The average molecular weight is 395 g/mol. The Labute approximate surface area is 173 Å². The molecular formula is C24H46N2O2. The van der Waals surface area contributed by atoms with Crippen LogP contribution in [-0.2, 0) is 4.74 Å². The third kappa shape index (κ3) is 13.2. The fourth-order valence-electron chi connectivity index (χ4n) is 3.75. The highest BCUT2D eigenvalue weighted by Crippen LogP contribution is 2.21. The normalized spacial score (nSPS) is 19.4. The van der Waals surface area contributed by atoms with Crippen LogP contribution in [0.4, 0.5) is 0 Å². The molecule has 0 spiro atoms. The molecule has 0 saturated heterocycles. The van der Waals surface area contributed by atoms with Gasteiger partial charge < -0.3 is 15.6 Å². The monoisotopic (exact) mass is 394 g/mol. The zero-order valence-corrected chi connectivity index (χ0v) is 18.4. The maximum atomic E-state index is 9.70. The molecule has 0 amide bonds. The highest BCUT2D eigenvalue weighted by atomic mass is 16.5. The van der Waals surface area contributed by atoms with E-state index in [1.54, 1.807) is 12.2 Å². The van der Waals surface area contributed by atoms with Crippen LogP contribution in [0.15, 0.2) is 23.6 Å². The maximum Gasteiger partial charge on any atom is 0.138 e. The SMILES string of the molecule is CCCCCCCCCCCCCCCCCCOC1=C(N)CC(N)(O)C=C1. The highest BCUT2D eigenvalue weighted by Gasteiger charge is 2.24. The largest absolute Gasteiger partial charge is 0.492 e. The summed E-state index contributed by atoms with van der Waals surface area (Å²) in [6.07, 6.45) is 25.3. The molecular weight excluding hydrogens is 348 g/mol. The van der Waals surface area contributed by atoms with Gasteiger partial charge in [0.2, 0.25) is 0 Å². The minimum absolute atomic E-state index is 0.234. The number of rotatable bonds is 18. The molecule has 28 heavy (non-hydrogen) atoms. The fourth-order valence-corrected chi connectivity index (χ4v) is 3.75. The first kappa shape index (κ1) is 25.0. The number of ether oxygens (including phenoxy) is 1. The molecule has 0 radical (unpaired) electrons. The van der Waals surface area contributed by atoms with Gasteiger partial charge in [-0.05, 0) is 18.6 Å². The van der Waals surface area contributed by atoms with Gasteiger partial charge in [0, 0.05) is 6.42 Å². The van der Waals surface area contributed by atoms with E-state index >= 15 is 0 Å². The van der Waals surface area contributed by atoms with E-state index in [2.05, 4.69) is 6.92 Å². The number of hydrogen-bond acceptors (Lipinski definition) is 4. The van der Waals surface area contributed by atoms with Crippen molar-refractivity contribution in [3.63, 3.8) is 0 Å². The zero-order chi connectivity index (χ0) is 20.5. The van der Waals surface area contributed by atoms with Gasteiger partial charge in [-0.1, -0.05) is 103 Å². The molecule has 0 aromatic carbocycles. The predicted octanol–water partition coefficient (Wildman–Crippen LogP) is 6.04. The van der Waals surface area contributed by atoms with Gasteiger partial charge in [0.15, 0.2) is 0 Å². The zero-order valence-electron chi connectivity index (χ0n) is 18.4. The quantitative estimate of drug-likeness (QED) is 0.195. The third-order valence-corrected chi connectivity index (χ3v) is 5.57. The van der Waals surface area contributed by atoms with Gasteiger partial charge in [0.05, 0.1) is 12.3 Å². The van der Waals surface area contributed by atoms with Crippen molar-refractivity contribution in [2.75, 3.05) is 6.61 Å². The molecule has 0 fully saturated rings. The van der Waals surface area contributed by atoms with Gasteiger partial charge >= 0.3 is 0 Å². The summed E-state index contributed by atoms with van der Waals surface area (Å²) in [5.41, 5.74) is 10.7. The average Bonchev–Trinajstić information content (AvgIpc) is 2.65. The molecule has 0 aromatic heterocycles. The van der Waals surface area contributed by atoms with Gasteiger partial charge in [-0.2, -0.15) is 0 Å². The van der Waals surface area contributed by atoms with Gasteiger partial charge in [0.25, 0.3) is 0 Å². The van der Waals surface area contributed by atoms with Crippen LogP contribution in [-0.4, -0.2) is 17.4 Å². The van der Waals surface area contributed by atoms with Crippen molar-refractivity contribution in [1.82, 2.24) is 0 Å². The molecule has 0 aliphatic heterocycles. The Morgan fingerprint density at radius 2 is 1.25 bits per heavy atom. The van der Waals surface area contributed by atoms with Crippen molar-refractivity contribution in [3.05, 3.63) is 23.6 Å². The Morgan fingerprint density at radius 3 is 1.68 bits per heavy atom. The minimum atomic E-state index is -1.33. The standard InChI is InChI=1S/C24H46N2O2/c1-2-3-4-5-6-7-8-9-10-11-12-13-14-15-16-17-20-28-23-18-19-24(26,27)21-22(23)25/h18-19,27H,2-17,20-21,25-26H2,1H3. The molecule has 1 atom stereocenters. The first-order valence-corrected chi connectivity index (χ1v) is 11.9. The van der Waals surface area contributed by atoms with Crippen LogP contribution < -0.4 is 11.5 Å². The summed E-state index contributed by atoms with van der Waals surface area (Å²) in [7, 11) is 0. The summed E-state index contributed by atoms with van der Waals surface area (Å²) in [5.74, 6) is 0.663. The molecule has 0 saturated carbocycles. The van der Waals surface area contributed by atoms with E-state index in [9.17, 15) is 5.11 Å². The summed E-state index contributed by atoms with van der Waals surface area (Å²) >= 11 is 0. The second kappa shape index (κ2) is 15.9. The van der Waals surface area contributed by atoms with Crippen molar-refractivity contribution in [2.45, 2.75) is 122 Å². The van der Waals surface area contributed by atoms with E-state index in [1.165, 1.54) is 96.3 Å². The molecule has 4 nitrogen and oxygen atoms in total. The van der Waals surface area contributed by atoms with Crippen molar-refractivity contribution >= 4 is 0 Å². The molecule has 1 rings (SSSR count). The first-order valence-electron chi connectivity index (χ1n) is 11.9. The van der Waals surface area contributed by atoms with Crippen molar-refractivity contribution < 1.29 is 9.84 Å². The second-order valence-corrected chi connectivity index (χ2v) is 8.54. The number of unbranched alkanes of at least 4 members (excludes halogenated alkanes) is 15. The van der Waals surface area contributed by atoms with Crippen molar-refractivity contribution in [2.24, 2.45) is 11.5 Å². The van der Waals surface area contributed by atoms with Gasteiger partial charge in [0.1, 0.15) is 11.5 Å².